The molecule has 2 aromatic heterocycles. The Kier molecular flexibility index (Phi) is 6.40. The molecule has 6 aromatic rings. The Hall–Kier alpha value is -3.52. The van der Waals surface area contributed by atoms with Gasteiger partial charge in [-0.25, -0.2) is 0 Å². The van der Waals surface area contributed by atoms with Crippen LogP contribution in [0.25, 0.3) is 49.4 Å². The predicted molar refractivity (Wildman–Crippen MR) is 206 cm³/mol. The number of hydrogen-bond donors (Lipinski definition) is 0. The van der Waals surface area contributed by atoms with Gasteiger partial charge in [0.25, 0.3) is 0 Å². The van der Waals surface area contributed by atoms with Crippen LogP contribution in [0.15, 0.2) is 89.3 Å². The number of aromatic nitrogens is 1. The zero-order chi connectivity index (χ0) is 32.5. The highest BCUT2D eigenvalue weighted by Gasteiger charge is 2.63. The van der Waals surface area contributed by atoms with E-state index in [1.807, 2.05) is 0 Å². The number of rotatable bonds is 2. The maximum absolute atomic E-state index is 6.61. The molecule has 0 bridgehead atoms. The summed E-state index contributed by atoms with van der Waals surface area (Å²) in [6, 6.07) is 32.0. The Bertz CT molecular complexity index is 2230. The first kappa shape index (κ1) is 29.1. The first-order valence-corrected chi connectivity index (χ1v) is 20.8. The number of benzene rings is 4. The number of fused-ring (bicyclic) bond motifs is 12. The van der Waals surface area contributed by atoms with E-state index in [9.17, 15) is 0 Å². The lowest BCUT2D eigenvalue weighted by Gasteiger charge is -2.68. The quantitative estimate of drug-likeness (QED) is 0.181. The number of hydrogen-bond acceptors (Lipinski definition) is 1. The van der Waals surface area contributed by atoms with Gasteiger partial charge in [0.05, 0.1) is 16.7 Å². The summed E-state index contributed by atoms with van der Waals surface area (Å²) in [5.41, 5.74) is 7.31. The topological polar surface area (TPSA) is 18.1 Å². The van der Waals surface area contributed by atoms with Crippen molar-refractivity contribution < 1.29 is 4.42 Å². The average Bonchev–Trinajstić information content (AvgIpc) is 3.73. The van der Waals surface area contributed by atoms with Crippen molar-refractivity contribution >= 4 is 43.7 Å². The van der Waals surface area contributed by atoms with Crippen molar-refractivity contribution in [2.45, 2.75) is 89.4 Å². The molecule has 2 heterocycles. The minimum Gasteiger partial charge on any atom is -0.454 e. The van der Waals surface area contributed by atoms with Crippen molar-refractivity contribution in [3.8, 4) is 5.69 Å². The molecule has 6 aliphatic carbocycles. The van der Waals surface area contributed by atoms with Gasteiger partial charge in [-0.2, -0.15) is 0 Å². The Morgan fingerprint density at radius 2 is 1.04 bits per heavy atom. The van der Waals surface area contributed by atoms with Crippen LogP contribution in [0.3, 0.4) is 0 Å². The maximum Gasteiger partial charge on any atom is 0.159 e. The molecule has 2 nitrogen and oxygen atoms in total. The number of nitrogens with zero attached hydrogens (tertiary/aromatic N) is 1. The normalized spacial score (nSPS) is 36.4. The van der Waals surface area contributed by atoms with Crippen LogP contribution >= 0.6 is 0 Å². The second-order valence-electron chi connectivity index (χ2n) is 18.0. The molecular weight excluding hydrogens is 607 g/mol. The van der Waals surface area contributed by atoms with Crippen LogP contribution < -0.4 is 0 Å². The van der Waals surface area contributed by atoms with Gasteiger partial charge in [-0.3, -0.25) is 0 Å². The SMILES string of the molecule is c1ccc2c(c1)oc1c(-n3c4ccccc4c4cc(C5CC6C7CCCCC7C7CCCC8C9CCCCC9C(C5)C6C78)ccc43)cccc12. The van der Waals surface area contributed by atoms with Crippen LogP contribution in [-0.2, 0) is 0 Å². The van der Waals surface area contributed by atoms with Gasteiger partial charge in [0, 0.05) is 21.5 Å². The van der Waals surface area contributed by atoms with E-state index < -0.39 is 0 Å². The van der Waals surface area contributed by atoms with Crippen molar-refractivity contribution in [2.75, 3.05) is 0 Å². The number of furan rings is 1. The Morgan fingerprint density at radius 3 is 1.78 bits per heavy atom. The molecular formula is C48H51NO. The molecule has 4 aromatic carbocycles. The Balaban J connectivity index is 0.995. The highest BCUT2D eigenvalue weighted by molar-refractivity contribution is 6.12. The molecule has 0 N–H and O–H groups in total. The lowest BCUT2D eigenvalue weighted by atomic mass is 9.37. The first-order chi connectivity index (χ1) is 24.8. The van der Waals surface area contributed by atoms with Crippen LogP contribution in [0.1, 0.15) is 95.0 Å². The largest absolute Gasteiger partial charge is 0.454 e. The monoisotopic (exact) mass is 657 g/mol. The molecule has 6 fully saturated rings. The summed E-state index contributed by atoms with van der Waals surface area (Å²) in [7, 11) is 0. The van der Waals surface area contributed by atoms with Crippen molar-refractivity contribution in [2.24, 2.45) is 59.2 Å². The van der Waals surface area contributed by atoms with E-state index in [1.54, 1.807) is 37.7 Å². The molecule has 0 saturated heterocycles. The van der Waals surface area contributed by atoms with E-state index in [1.165, 1.54) is 83.9 Å². The van der Waals surface area contributed by atoms with E-state index in [0.29, 0.717) is 5.92 Å². The highest BCUT2D eigenvalue weighted by atomic mass is 16.3. The average molecular weight is 658 g/mol. The molecule has 0 amide bonds. The molecule has 2 heteroatoms. The van der Waals surface area contributed by atoms with Gasteiger partial charge in [-0.1, -0.05) is 86.7 Å². The third kappa shape index (κ3) is 3.97. The third-order valence-electron chi connectivity index (χ3n) is 16.4. The molecule has 12 rings (SSSR count). The molecule has 6 aliphatic rings. The fourth-order valence-electron chi connectivity index (χ4n) is 14.9. The lowest BCUT2D eigenvalue weighted by molar-refractivity contribution is -0.189. The molecule has 6 saturated carbocycles. The second-order valence-corrected chi connectivity index (χ2v) is 18.0. The molecule has 0 aliphatic heterocycles. The van der Waals surface area contributed by atoms with Crippen molar-refractivity contribution in [3.05, 3.63) is 90.5 Å². The summed E-state index contributed by atoms with van der Waals surface area (Å²) in [5.74, 6) is 11.0. The van der Waals surface area contributed by atoms with Gasteiger partial charge < -0.3 is 8.98 Å². The molecule has 0 radical (unpaired) electrons. The van der Waals surface area contributed by atoms with Gasteiger partial charge in [-0.15, -0.1) is 0 Å². The molecule has 8 atom stereocenters. The fraction of sp³-hybridized carbons (Fsp3) is 0.500. The van der Waals surface area contributed by atoms with Crippen LogP contribution in [0.5, 0.6) is 0 Å². The van der Waals surface area contributed by atoms with Gasteiger partial charge in [0.2, 0.25) is 0 Å². The summed E-state index contributed by atoms with van der Waals surface area (Å²) >= 11 is 0. The van der Waals surface area contributed by atoms with Crippen LogP contribution in [0, 0.1) is 59.2 Å². The van der Waals surface area contributed by atoms with E-state index in [2.05, 4.69) is 89.5 Å². The molecule has 8 unspecified atom stereocenters. The van der Waals surface area contributed by atoms with Crippen LogP contribution in [0.4, 0.5) is 0 Å². The summed E-state index contributed by atoms with van der Waals surface area (Å²) in [5, 5.41) is 5.18. The summed E-state index contributed by atoms with van der Waals surface area (Å²) in [4.78, 5) is 0. The predicted octanol–water partition coefficient (Wildman–Crippen LogP) is 13.1. The van der Waals surface area contributed by atoms with E-state index in [-0.39, 0.29) is 0 Å². The minimum atomic E-state index is 0.702. The third-order valence-corrected chi connectivity index (χ3v) is 16.4. The van der Waals surface area contributed by atoms with Gasteiger partial charge in [0.15, 0.2) is 5.58 Å². The zero-order valence-electron chi connectivity index (χ0n) is 29.5. The maximum atomic E-state index is 6.61. The summed E-state index contributed by atoms with van der Waals surface area (Å²) < 4.78 is 9.09. The van der Waals surface area contributed by atoms with Crippen LogP contribution in [-0.4, -0.2) is 4.57 Å². The van der Waals surface area contributed by atoms with Crippen molar-refractivity contribution in [3.63, 3.8) is 0 Å². The molecule has 50 heavy (non-hydrogen) atoms. The van der Waals surface area contributed by atoms with Gasteiger partial charge in [-0.05, 0) is 152 Å². The summed E-state index contributed by atoms with van der Waals surface area (Å²) in [6.07, 6.45) is 19.8. The van der Waals surface area contributed by atoms with Crippen LogP contribution in [0.2, 0.25) is 0 Å². The van der Waals surface area contributed by atoms with Crippen molar-refractivity contribution in [1.82, 2.24) is 4.57 Å². The summed E-state index contributed by atoms with van der Waals surface area (Å²) in [6.45, 7) is 0. The fourth-order valence-corrected chi connectivity index (χ4v) is 14.9. The van der Waals surface area contributed by atoms with Crippen molar-refractivity contribution in [1.29, 1.82) is 0 Å². The highest BCUT2D eigenvalue weighted by Crippen LogP contribution is 2.70. The van der Waals surface area contributed by atoms with E-state index >= 15 is 0 Å². The Labute approximate surface area is 296 Å². The minimum absolute atomic E-state index is 0.702. The van der Waals surface area contributed by atoms with E-state index in [4.69, 9.17) is 4.42 Å². The zero-order valence-corrected chi connectivity index (χ0v) is 29.5. The number of para-hydroxylation sites is 3. The molecule has 0 spiro atoms. The van der Waals surface area contributed by atoms with Gasteiger partial charge >= 0.3 is 0 Å². The first-order valence-electron chi connectivity index (χ1n) is 20.8. The van der Waals surface area contributed by atoms with E-state index in [0.717, 1.165) is 76.0 Å². The Morgan fingerprint density at radius 1 is 0.460 bits per heavy atom. The second kappa shape index (κ2) is 11.0. The molecule has 254 valence electrons. The lowest BCUT2D eigenvalue weighted by Crippen LogP contribution is -2.61. The standard InChI is InChI=1S/C48H51NO/c1-3-13-32-30(11-1)36-17-9-18-37-31-12-2-4-14-33(31)41-27-29(26-40(32)47(41)46(36)37)28-23-24-43-39(25-28)34-15-5-7-20-42(34)49(43)44-21-10-19-38-35-16-6-8-22-45(35)50-48(38)44/h5-8,10,15-16,19-25,29-33,36-37,40-41,46-47H,1-4,9,11-14,17-18,26-27H2. The smallest absolute Gasteiger partial charge is 0.159 e. The van der Waals surface area contributed by atoms with Gasteiger partial charge in [0.1, 0.15) is 5.58 Å².